The van der Waals surface area contributed by atoms with E-state index in [1.54, 1.807) is 0 Å². The Morgan fingerprint density at radius 3 is 1.83 bits per heavy atom. The summed E-state index contributed by atoms with van der Waals surface area (Å²) in [6, 6.07) is 0. The van der Waals surface area contributed by atoms with Crippen molar-refractivity contribution in [3.8, 4) is 0 Å². The molecule has 0 rings (SSSR count). The summed E-state index contributed by atoms with van der Waals surface area (Å²) in [4.78, 5) is 12.4. The fourth-order valence-electron chi connectivity index (χ4n) is 3.66. The molecule has 178 valence electrons. The van der Waals surface area contributed by atoms with E-state index in [0.29, 0.717) is 17.9 Å². The van der Waals surface area contributed by atoms with Gasteiger partial charge in [-0.3, -0.25) is 4.79 Å². The van der Waals surface area contributed by atoms with Crippen molar-refractivity contribution in [3.05, 3.63) is 12.2 Å². The summed E-state index contributed by atoms with van der Waals surface area (Å²) in [6.07, 6.45) is 29.3. The number of hydrogen-bond donors (Lipinski definition) is 0. The van der Waals surface area contributed by atoms with Crippen LogP contribution in [0.5, 0.6) is 0 Å². The number of ether oxygens (including phenoxy) is 1. The van der Waals surface area contributed by atoms with Gasteiger partial charge in [-0.15, -0.1) is 0 Å². The minimum Gasteiger partial charge on any atom is -0.466 e. The van der Waals surface area contributed by atoms with Crippen LogP contribution in [-0.4, -0.2) is 17.4 Å². The number of hydrogen-bond acceptors (Lipinski definition) is 2. The minimum atomic E-state index is 0.000686. The Balaban J connectivity index is 3.21. The molecule has 0 spiro atoms. The van der Waals surface area contributed by atoms with Gasteiger partial charge >= 0.3 is 5.97 Å². The highest BCUT2D eigenvalue weighted by molar-refractivity contribution is 9.09. The number of halogens is 1. The monoisotopic (exact) mass is 486 g/mol. The highest BCUT2D eigenvalue weighted by Crippen LogP contribution is 2.12. The third kappa shape index (κ3) is 25.7. The molecule has 0 aliphatic carbocycles. The van der Waals surface area contributed by atoms with Gasteiger partial charge in [-0.25, -0.2) is 0 Å². The zero-order valence-electron chi connectivity index (χ0n) is 20.3. The summed E-state index contributed by atoms with van der Waals surface area (Å²) in [5, 5.41) is 0. The Hall–Kier alpha value is -0.310. The first-order valence-electron chi connectivity index (χ1n) is 13.1. The third-order valence-electron chi connectivity index (χ3n) is 5.65. The molecule has 1 unspecified atom stereocenters. The molecule has 0 aromatic carbocycles. The molecule has 2 nitrogen and oxygen atoms in total. The molecule has 0 aromatic heterocycles. The lowest BCUT2D eigenvalue weighted by molar-refractivity contribution is -0.143. The van der Waals surface area contributed by atoms with E-state index in [0.717, 1.165) is 19.3 Å². The molecule has 1 atom stereocenters. The Bertz CT molecular complexity index is 379. The van der Waals surface area contributed by atoms with Crippen LogP contribution in [0.2, 0.25) is 0 Å². The average Bonchev–Trinajstić information content (AvgIpc) is 2.72. The van der Waals surface area contributed by atoms with Crippen LogP contribution in [0.4, 0.5) is 0 Å². The van der Waals surface area contributed by atoms with Gasteiger partial charge in [0.05, 0.1) is 6.61 Å². The molecule has 0 amide bonds. The first-order valence-corrected chi connectivity index (χ1v) is 14.0. The lowest BCUT2D eigenvalue weighted by Gasteiger charge is -2.06. The van der Waals surface area contributed by atoms with Gasteiger partial charge in [0.1, 0.15) is 0 Å². The summed E-state index contributed by atoms with van der Waals surface area (Å²) >= 11 is 3.58. The molecular weight excluding hydrogens is 436 g/mol. The number of carbonyl (C=O) groups excluding carboxylic acids is 1. The lowest BCUT2D eigenvalue weighted by atomic mass is 10.1. The van der Waals surface area contributed by atoms with Gasteiger partial charge in [-0.1, -0.05) is 119 Å². The molecule has 0 aliphatic heterocycles. The van der Waals surface area contributed by atoms with Gasteiger partial charge in [0.2, 0.25) is 0 Å². The molecule has 0 saturated carbocycles. The van der Waals surface area contributed by atoms with E-state index < -0.39 is 0 Å². The summed E-state index contributed by atoms with van der Waals surface area (Å²) in [5.74, 6) is 0.000686. The quantitative estimate of drug-likeness (QED) is 0.0620. The number of carbonyl (C=O) groups is 1. The summed E-state index contributed by atoms with van der Waals surface area (Å²) in [6.45, 7) is 5.09. The minimum absolute atomic E-state index is 0.000686. The van der Waals surface area contributed by atoms with Crippen molar-refractivity contribution in [1.29, 1.82) is 0 Å². The molecule has 0 aromatic rings. The van der Waals surface area contributed by atoms with E-state index in [9.17, 15) is 4.79 Å². The molecule has 0 aliphatic rings. The van der Waals surface area contributed by atoms with Gasteiger partial charge in [-0.05, 0) is 44.9 Å². The Labute approximate surface area is 197 Å². The first-order chi connectivity index (χ1) is 14.7. The van der Waals surface area contributed by atoms with Crippen molar-refractivity contribution < 1.29 is 9.53 Å². The summed E-state index contributed by atoms with van der Waals surface area (Å²) < 4.78 is 5.35. The van der Waals surface area contributed by atoms with E-state index >= 15 is 0 Å². The molecule has 0 N–H and O–H groups in total. The molecule has 0 radical (unpaired) electrons. The maximum Gasteiger partial charge on any atom is 0.305 e. The summed E-state index contributed by atoms with van der Waals surface area (Å²) in [7, 11) is 0. The Morgan fingerprint density at radius 2 is 1.23 bits per heavy atom. The Kier molecular flexibility index (Phi) is 24.7. The van der Waals surface area contributed by atoms with Crippen LogP contribution < -0.4 is 0 Å². The highest BCUT2D eigenvalue weighted by Gasteiger charge is 2.02. The second-order valence-electron chi connectivity index (χ2n) is 8.89. The van der Waals surface area contributed by atoms with Crippen LogP contribution in [0.3, 0.4) is 0 Å². The van der Waals surface area contributed by atoms with Crippen LogP contribution >= 0.6 is 15.9 Å². The number of unbranched alkanes of at least 4 members (excludes halogenated alkanes) is 15. The van der Waals surface area contributed by atoms with Crippen molar-refractivity contribution in [2.24, 2.45) is 0 Å². The van der Waals surface area contributed by atoms with Crippen molar-refractivity contribution in [2.75, 3.05) is 6.61 Å². The van der Waals surface area contributed by atoms with Gasteiger partial charge < -0.3 is 4.74 Å². The Morgan fingerprint density at radius 1 is 0.733 bits per heavy atom. The predicted octanol–water partition coefficient (Wildman–Crippen LogP) is 9.69. The van der Waals surface area contributed by atoms with E-state index in [-0.39, 0.29) is 5.97 Å². The van der Waals surface area contributed by atoms with E-state index in [1.807, 2.05) is 0 Å². The normalized spacial score (nSPS) is 12.5. The highest BCUT2D eigenvalue weighted by atomic mass is 79.9. The molecule has 30 heavy (non-hydrogen) atoms. The molecule has 0 bridgehead atoms. The molecular formula is C27H51BrO2. The summed E-state index contributed by atoms with van der Waals surface area (Å²) in [5.41, 5.74) is 0. The van der Waals surface area contributed by atoms with Crippen LogP contribution in [0.15, 0.2) is 12.2 Å². The van der Waals surface area contributed by atoms with Crippen molar-refractivity contribution >= 4 is 21.9 Å². The van der Waals surface area contributed by atoms with E-state index in [1.165, 1.54) is 103 Å². The van der Waals surface area contributed by atoms with Crippen LogP contribution in [0.1, 0.15) is 142 Å². The molecule has 0 heterocycles. The topological polar surface area (TPSA) is 26.3 Å². The number of allylic oxidation sites excluding steroid dienone is 2. The molecule has 0 fully saturated rings. The maximum absolute atomic E-state index is 11.8. The van der Waals surface area contributed by atoms with Crippen LogP contribution in [0, 0.1) is 0 Å². The van der Waals surface area contributed by atoms with Gasteiger partial charge in [-0.2, -0.15) is 0 Å². The van der Waals surface area contributed by atoms with Gasteiger partial charge in [0, 0.05) is 11.2 Å². The largest absolute Gasteiger partial charge is 0.466 e. The van der Waals surface area contributed by atoms with Crippen molar-refractivity contribution in [1.82, 2.24) is 0 Å². The van der Waals surface area contributed by atoms with Gasteiger partial charge in [0.15, 0.2) is 0 Å². The molecule has 3 heteroatoms. The van der Waals surface area contributed by atoms with Crippen LogP contribution in [-0.2, 0) is 9.53 Å². The smallest absolute Gasteiger partial charge is 0.305 e. The SMILES string of the molecule is CCCCCCCC/C=C\CCCCCCCC(=O)OCCCCCCCC(C)Br. The van der Waals surface area contributed by atoms with Crippen molar-refractivity contribution in [3.63, 3.8) is 0 Å². The fourth-order valence-corrected chi connectivity index (χ4v) is 3.98. The number of esters is 1. The van der Waals surface area contributed by atoms with E-state index in [2.05, 4.69) is 41.9 Å². The second-order valence-corrected chi connectivity index (χ2v) is 10.5. The standard InChI is InChI=1S/C27H51BrO2/c1-3-4-5-6-7-8-9-10-11-12-13-14-15-18-21-24-27(29)30-25-22-19-16-17-20-23-26(2)28/h10-11,26H,3-9,12-25H2,1-2H3/b11-10-. The predicted molar refractivity (Wildman–Crippen MR) is 137 cm³/mol. The maximum atomic E-state index is 11.8. The first kappa shape index (κ1) is 29.7. The third-order valence-corrected chi connectivity index (χ3v) is 6.11. The van der Waals surface area contributed by atoms with E-state index in [4.69, 9.17) is 4.74 Å². The number of alkyl halides is 1. The molecule has 0 saturated heterocycles. The second kappa shape index (κ2) is 25.0. The number of rotatable bonds is 23. The zero-order valence-corrected chi connectivity index (χ0v) is 21.9. The zero-order chi connectivity index (χ0) is 22.1. The fraction of sp³-hybridized carbons (Fsp3) is 0.889. The average molecular weight is 488 g/mol. The van der Waals surface area contributed by atoms with Gasteiger partial charge in [0.25, 0.3) is 0 Å². The van der Waals surface area contributed by atoms with Crippen LogP contribution in [0.25, 0.3) is 0 Å². The lowest BCUT2D eigenvalue weighted by Crippen LogP contribution is -2.05. The van der Waals surface area contributed by atoms with Crippen molar-refractivity contribution in [2.45, 2.75) is 147 Å².